The van der Waals surface area contributed by atoms with E-state index in [-0.39, 0.29) is 12.2 Å². The molecule has 120 valence electrons. The molecule has 0 bridgehead atoms. The standard InChI is InChI=1S/C15H26Cl2O2Si2/c1-11(18-20(2,3)4)15(19-21(5,6)7)13-9-8-12(16)10-14(13)17/h8-11,15H,1-7H3/t11-,15+/m1/s1. The molecule has 1 rings (SSSR count). The van der Waals surface area contributed by atoms with Crippen LogP contribution < -0.4 is 0 Å². The molecule has 21 heavy (non-hydrogen) atoms. The van der Waals surface area contributed by atoms with Crippen molar-refractivity contribution in [2.45, 2.75) is 58.4 Å². The number of hydrogen-bond acceptors (Lipinski definition) is 2. The van der Waals surface area contributed by atoms with E-state index in [1.165, 1.54) is 0 Å². The Labute approximate surface area is 141 Å². The van der Waals surface area contributed by atoms with E-state index >= 15 is 0 Å². The molecule has 2 nitrogen and oxygen atoms in total. The fourth-order valence-corrected chi connectivity index (χ4v) is 4.98. The average Bonchev–Trinajstić information content (AvgIpc) is 2.22. The van der Waals surface area contributed by atoms with Crippen molar-refractivity contribution in [3.63, 3.8) is 0 Å². The predicted molar refractivity (Wildman–Crippen MR) is 97.5 cm³/mol. The van der Waals surface area contributed by atoms with Crippen LogP contribution in [0.2, 0.25) is 49.3 Å². The van der Waals surface area contributed by atoms with Crippen LogP contribution in [-0.4, -0.2) is 22.7 Å². The lowest BCUT2D eigenvalue weighted by Gasteiger charge is -2.35. The summed E-state index contributed by atoms with van der Waals surface area (Å²) >= 11 is 12.4. The number of halogens is 2. The van der Waals surface area contributed by atoms with Gasteiger partial charge in [-0.15, -0.1) is 0 Å². The Balaban J connectivity index is 3.12. The van der Waals surface area contributed by atoms with Gasteiger partial charge in [0.2, 0.25) is 0 Å². The second-order valence-electron chi connectivity index (χ2n) is 7.25. The molecule has 0 saturated heterocycles. The lowest BCUT2D eigenvalue weighted by Crippen LogP contribution is -2.38. The van der Waals surface area contributed by atoms with Gasteiger partial charge in [0.15, 0.2) is 16.6 Å². The average molecular weight is 365 g/mol. The molecule has 1 aromatic carbocycles. The summed E-state index contributed by atoms with van der Waals surface area (Å²) in [6.07, 6.45) is -0.199. The molecule has 0 aliphatic heterocycles. The third kappa shape index (κ3) is 6.84. The molecule has 0 saturated carbocycles. The van der Waals surface area contributed by atoms with Crippen LogP contribution in [0.25, 0.3) is 0 Å². The van der Waals surface area contributed by atoms with Gasteiger partial charge in [0, 0.05) is 15.6 Å². The van der Waals surface area contributed by atoms with Crippen LogP contribution in [0.5, 0.6) is 0 Å². The Bertz CT molecular complexity index is 482. The Hall–Kier alpha value is 0.154. The van der Waals surface area contributed by atoms with Crippen molar-refractivity contribution < 1.29 is 8.85 Å². The van der Waals surface area contributed by atoms with Gasteiger partial charge in [-0.1, -0.05) is 29.3 Å². The van der Waals surface area contributed by atoms with Crippen molar-refractivity contribution in [3.05, 3.63) is 33.8 Å². The number of benzene rings is 1. The van der Waals surface area contributed by atoms with Crippen LogP contribution in [-0.2, 0) is 8.85 Å². The van der Waals surface area contributed by atoms with Crippen molar-refractivity contribution in [2.24, 2.45) is 0 Å². The first-order valence-electron chi connectivity index (χ1n) is 7.20. The minimum absolute atomic E-state index is 0.0398. The maximum absolute atomic E-state index is 6.38. The van der Waals surface area contributed by atoms with Crippen LogP contribution in [0.1, 0.15) is 18.6 Å². The van der Waals surface area contributed by atoms with E-state index in [0.29, 0.717) is 10.0 Å². The minimum atomic E-state index is -1.73. The van der Waals surface area contributed by atoms with Crippen molar-refractivity contribution in [3.8, 4) is 0 Å². The third-order valence-corrected chi connectivity index (χ3v) is 5.32. The van der Waals surface area contributed by atoms with Crippen LogP contribution in [0.3, 0.4) is 0 Å². The molecule has 0 aromatic heterocycles. The molecular formula is C15H26Cl2O2Si2. The van der Waals surface area contributed by atoms with Crippen LogP contribution in [0, 0.1) is 0 Å². The van der Waals surface area contributed by atoms with Gasteiger partial charge in [-0.2, -0.15) is 0 Å². The predicted octanol–water partition coefficient (Wildman–Crippen LogP) is 6.13. The van der Waals surface area contributed by atoms with Crippen LogP contribution in [0.15, 0.2) is 18.2 Å². The summed E-state index contributed by atoms with van der Waals surface area (Å²) in [6, 6.07) is 5.56. The largest absolute Gasteiger partial charge is 0.412 e. The van der Waals surface area contributed by atoms with E-state index in [4.69, 9.17) is 32.1 Å². The van der Waals surface area contributed by atoms with Gasteiger partial charge in [-0.25, -0.2) is 0 Å². The number of hydrogen-bond donors (Lipinski definition) is 0. The highest BCUT2D eigenvalue weighted by Crippen LogP contribution is 2.34. The summed E-state index contributed by atoms with van der Waals surface area (Å²) in [5.41, 5.74) is 0.953. The van der Waals surface area contributed by atoms with Gasteiger partial charge < -0.3 is 8.85 Å². The molecule has 2 atom stereocenters. The highest BCUT2D eigenvalue weighted by atomic mass is 35.5. The van der Waals surface area contributed by atoms with E-state index in [1.807, 2.05) is 12.1 Å². The van der Waals surface area contributed by atoms with Crippen molar-refractivity contribution in [2.75, 3.05) is 0 Å². The first kappa shape index (κ1) is 19.2. The highest BCUT2D eigenvalue weighted by Gasteiger charge is 2.31. The lowest BCUT2D eigenvalue weighted by atomic mass is 10.1. The van der Waals surface area contributed by atoms with E-state index in [0.717, 1.165) is 5.56 Å². The normalized spacial score (nSPS) is 15.9. The van der Waals surface area contributed by atoms with E-state index in [9.17, 15) is 0 Å². The molecular weight excluding hydrogens is 339 g/mol. The van der Waals surface area contributed by atoms with Gasteiger partial charge in [-0.3, -0.25) is 0 Å². The zero-order valence-electron chi connectivity index (χ0n) is 14.0. The molecule has 6 heteroatoms. The Morgan fingerprint density at radius 1 is 0.905 bits per heavy atom. The Morgan fingerprint density at radius 3 is 1.86 bits per heavy atom. The third-order valence-electron chi connectivity index (χ3n) is 2.72. The highest BCUT2D eigenvalue weighted by molar-refractivity contribution is 6.70. The maximum Gasteiger partial charge on any atom is 0.184 e. The molecule has 0 aliphatic carbocycles. The second kappa shape index (κ2) is 7.15. The first-order valence-corrected chi connectivity index (χ1v) is 14.8. The Morgan fingerprint density at radius 2 is 1.43 bits per heavy atom. The van der Waals surface area contributed by atoms with E-state index < -0.39 is 16.6 Å². The summed E-state index contributed by atoms with van der Waals surface area (Å²) < 4.78 is 12.6. The molecule has 0 N–H and O–H groups in total. The molecule has 0 aliphatic rings. The summed E-state index contributed by atoms with van der Waals surface area (Å²) in [4.78, 5) is 0. The molecule has 0 heterocycles. The molecule has 1 aromatic rings. The smallest absolute Gasteiger partial charge is 0.184 e. The summed E-state index contributed by atoms with van der Waals surface area (Å²) in [6.45, 7) is 15.1. The van der Waals surface area contributed by atoms with Crippen molar-refractivity contribution in [1.29, 1.82) is 0 Å². The van der Waals surface area contributed by atoms with E-state index in [1.54, 1.807) is 6.07 Å². The number of rotatable bonds is 6. The molecule has 0 unspecified atom stereocenters. The molecule has 0 fully saturated rings. The SMILES string of the molecule is C[C@@H](O[Si](C)(C)C)[C@H](O[Si](C)(C)C)c1ccc(Cl)cc1Cl. The second-order valence-corrected chi connectivity index (χ2v) is 17.0. The fraction of sp³-hybridized carbons (Fsp3) is 0.600. The van der Waals surface area contributed by atoms with Gasteiger partial charge in [0.05, 0.1) is 12.2 Å². The summed E-state index contributed by atoms with van der Waals surface area (Å²) in [5.74, 6) is 0. The monoisotopic (exact) mass is 364 g/mol. The lowest BCUT2D eigenvalue weighted by molar-refractivity contribution is 0.0550. The summed E-state index contributed by atoms with van der Waals surface area (Å²) in [5, 5.41) is 1.27. The zero-order chi connectivity index (χ0) is 16.4. The van der Waals surface area contributed by atoms with Gasteiger partial charge in [0.25, 0.3) is 0 Å². The van der Waals surface area contributed by atoms with Crippen molar-refractivity contribution in [1.82, 2.24) is 0 Å². The fourth-order valence-electron chi connectivity index (χ4n) is 2.14. The molecule has 0 radical (unpaired) electrons. The summed E-state index contributed by atoms with van der Waals surface area (Å²) in [7, 11) is -3.39. The van der Waals surface area contributed by atoms with Crippen LogP contribution in [0.4, 0.5) is 0 Å². The zero-order valence-corrected chi connectivity index (χ0v) is 17.5. The van der Waals surface area contributed by atoms with Gasteiger partial charge in [0.1, 0.15) is 0 Å². The Kier molecular flexibility index (Phi) is 6.54. The van der Waals surface area contributed by atoms with E-state index in [2.05, 4.69) is 46.2 Å². The van der Waals surface area contributed by atoms with Gasteiger partial charge >= 0.3 is 0 Å². The maximum atomic E-state index is 6.38. The quantitative estimate of drug-likeness (QED) is 0.565. The van der Waals surface area contributed by atoms with Crippen molar-refractivity contribution >= 4 is 39.8 Å². The molecule has 0 spiro atoms. The molecule has 0 amide bonds. The topological polar surface area (TPSA) is 18.5 Å². The van der Waals surface area contributed by atoms with Gasteiger partial charge in [-0.05, 0) is 58.3 Å². The van der Waals surface area contributed by atoms with Crippen LogP contribution >= 0.6 is 23.2 Å². The minimum Gasteiger partial charge on any atom is -0.412 e. The first-order chi connectivity index (χ1) is 9.39.